The topological polar surface area (TPSA) is 102 Å². The number of halogens is 1. The van der Waals surface area contributed by atoms with E-state index in [0.717, 1.165) is 15.9 Å². The summed E-state index contributed by atoms with van der Waals surface area (Å²) in [4.78, 5) is 50.3. The lowest BCUT2D eigenvalue weighted by Crippen LogP contribution is -2.40. The number of nitrogens with one attached hydrogen (secondary N) is 2. The van der Waals surface area contributed by atoms with Crippen LogP contribution in [0.4, 0.5) is 15.8 Å². The second-order valence-electron chi connectivity index (χ2n) is 7.39. The molecule has 4 aromatic rings. The molecule has 0 aliphatic heterocycles. The number of rotatable bonds is 5. The van der Waals surface area contributed by atoms with Gasteiger partial charge >= 0.3 is 5.69 Å². The van der Waals surface area contributed by atoms with Crippen LogP contribution in [0.2, 0.25) is 0 Å². The molecular formula is C23H19FN4O4S. The second kappa shape index (κ2) is 8.83. The van der Waals surface area contributed by atoms with E-state index in [9.17, 15) is 23.6 Å². The van der Waals surface area contributed by atoms with Gasteiger partial charge < -0.3 is 10.6 Å². The fourth-order valence-electron chi connectivity index (χ4n) is 3.46. The highest BCUT2D eigenvalue weighted by molar-refractivity contribution is 7.17. The van der Waals surface area contributed by atoms with Gasteiger partial charge in [-0.3, -0.25) is 19.0 Å². The van der Waals surface area contributed by atoms with E-state index in [2.05, 4.69) is 10.6 Å². The molecule has 2 amide bonds. The Kier molecular flexibility index (Phi) is 5.93. The van der Waals surface area contributed by atoms with Crippen molar-refractivity contribution in [2.24, 2.45) is 0 Å². The molecule has 2 aromatic carbocycles. The van der Waals surface area contributed by atoms with Gasteiger partial charge in [-0.2, -0.15) is 0 Å². The molecule has 0 atom stereocenters. The van der Waals surface area contributed by atoms with Crippen molar-refractivity contribution < 1.29 is 14.0 Å². The first-order chi connectivity index (χ1) is 15.7. The maximum atomic E-state index is 13.7. The van der Waals surface area contributed by atoms with Crippen LogP contribution in [0.1, 0.15) is 12.5 Å². The number of carbonyl (C=O) groups is 2. The van der Waals surface area contributed by atoms with Crippen molar-refractivity contribution in [1.82, 2.24) is 9.13 Å². The summed E-state index contributed by atoms with van der Waals surface area (Å²) in [6.45, 7) is 2.56. The first-order valence-corrected chi connectivity index (χ1v) is 10.8. The number of amides is 2. The zero-order valence-corrected chi connectivity index (χ0v) is 18.5. The molecule has 0 saturated heterocycles. The Balaban J connectivity index is 1.72. The Morgan fingerprint density at radius 2 is 1.76 bits per heavy atom. The van der Waals surface area contributed by atoms with Gasteiger partial charge in [0.2, 0.25) is 11.8 Å². The number of aryl methyl sites for hydroxylation is 1. The molecule has 168 valence electrons. The van der Waals surface area contributed by atoms with Crippen LogP contribution in [0, 0.1) is 12.7 Å². The van der Waals surface area contributed by atoms with Crippen LogP contribution in [0.25, 0.3) is 15.9 Å². The van der Waals surface area contributed by atoms with E-state index < -0.39 is 23.0 Å². The molecule has 0 spiro atoms. The number of anilines is 2. The van der Waals surface area contributed by atoms with Crippen molar-refractivity contribution in [2.75, 3.05) is 10.6 Å². The first kappa shape index (κ1) is 22.2. The van der Waals surface area contributed by atoms with Crippen molar-refractivity contribution in [3.8, 4) is 5.69 Å². The molecule has 0 aliphatic rings. The first-order valence-electron chi connectivity index (χ1n) is 9.91. The molecule has 0 unspecified atom stereocenters. The summed E-state index contributed by atoms with van der Waals surface area (Å²) in [6.07, 6.45) is 0. The summed E-state index contributed by atoms with van der Waals surface area (Å²) in [5, 5.41) is 6.99. The standard InChI is InChI=1S/C23H19FN4O4S/c1-13-10-17(6-7-18(13)24)28-22(31)21-19(8-9-33-21)27(23(28)32)12-20(30)26-16-5-3-4-15(11-16)25-14(2)29/h3-11H,12H2,1-2H3,(H,25,29)(H,26,30). The highest BCUT2D eigenvalue weighted by Gasteiger charge is 2.18. The predicted octanol–water partition coefficient (Wildman–Crippen LogP) is 3.26. The monoisotopic (exact) mass is 466 g/mol. The molecule has 2 aromatic heterocycles. The summed E-state index contributed by atoms with van der Waals surface area (Å²) in [5.74, 6) is -1.20. The van der Waals surface area contributed by atoms with E-state index in [-0.39, 0.29) is 23.7 Å². The summed E-state index contributed by atoms with van der Waals surface area (Å²) in [6, 6.07) is 12.1. The quantitative estimate of drug-likeness (QED) is 0.471. The van der Waals surface area contributed by atoms with Gasteiger partial charge in [0.05, 0.1) is 11.2 Å². The number of benzene rings is 2. The van der Waals surface area contributed by atoms with Gasteiger partial charge in [-0.1, -0.05) is 6.07 Å². The van der Waals surface area contributed by atoms with Gasteiger partial charge in [0, 0.05) is 18.3 Å². The average molecular weight is 466 g/mol. The van der Waals surface area contributed by atoms with Crippen LogP contribution < -0.4 is 21.9 Å². The smallest absolute Gasteiger partial charge is 0.326 e. The Labute approximate surface area is 190 Å². The van der Waals surface area contributed by atoms with Crippen molar-refractivity contribution in [3.63, 3.8) is 0 Å². The van der Waals surface area contributed by atoms with E-state index in [1.54, 1.807) is 35.7 Å². The molecule has 0 radical (unpaired) electrons. The summed E-state index contributed by atoms with van der Waals surface area (Å²) in [5.41, 5.74) is 0.549. The van der Waals surface area contributed by atoms with Gasteiger partial charge in [0.25, 0.3) is 5.56 Å². The van der Waals surface area contributed by atoms with Crippen LogP contribution >= 0.6 is 11.3 Å². The number of hydrogen-bond acceptors (Lipinski definition) is 5. The number of hydrogen-bond donors (Lipinski definition) is 2. The van der Waals surface area contributed by atoms with Gasteiger partial charge in [0.1, 0.15) is 17.1 Å². The summed E-state index contributed by atoms with van der Waals surface area (Å²) in [7, 11) is 0. The minimum Gasteiger partial charge on any atom is -0.326 e. The highest BCUT2D eigenvalue weighted by atomic mass is 32.1. The third-order valence-electron chi connectivity index (χ3n) is 4.92. The minimum absolute atomic E-state index is 0.219. The second-order valence-corrected chi connectivity index (χ2v) is 8.30. The zero-order valence-electron chi connectivity index (χ0n) is 17.7. The fraction of sp³-hybridized carbons (Fsp3) is 0.130. The van der Waals surface area contributed by atoms with Crippen LogP contribution in [-0.4, -0.2) is 20.9 Å². The molecule has 8 nitrogen and oxygen atoms in total. The molecule has 4 rings (SSSR count). The number of nitrogens with zero attached hydrogens (tertiary/aromatic N) is 2. The molecule has 0 bridgehead atoms. The Morgan fingerprint density at radius 1 is 1.03 bits per heavy atom. The maximum absolute atomic E-state index is 13.7. The Morgan fingerprint density at radius 3 is 2.45 bits per heavy atom. The van der Waals surface area contributed by atoms with Crippen LogP contribution in [0.15, 0.2) is 63.5 Å². The number of thiophene rings is 1. The zero-order chi connectivity index (χ0) is 23.7. The van der Waals surface area contributed by atoms with Crippen LogP contribution in [-0.2, 0) is 16.1 Å². The Hall–Kier alpha value is -4.05. The fourth-order valence-corrected chi connectivity index (χ4v) is 4.28. The maximum Gasteiger partial charge on any atom is 0.336 e. The van der Waals surface area contributed by atoms with Gasteiger partial charge in [-0.05, 0) is 60.3 Å². The predicted molar refractivity (Wildman–Crippen MR) is 126 cm³/mol. The molecule has 2 heterocycles. The lowest BCUT2D eigenvalue weighted by molar-refractivity contribution is -0.117. The van der Waals surface area contributed by atoms with Crippen LogP contribution in [0.3, 0.4) is 0 Å². The average Bonchev–Trinajstić information content (AvgIpc) is 3.24. The van der Waals surface area contributed by atoms with Gasteiger partial charge in [-0.15, -0.1) is 11.3 Å². The molecule has 2 N–H and O–H groups in total. The van der Waals surface area contributed by atoms with Crippen molar-refractivity contribution in [1.29, 1.82) is 0 Å². The number of carbonyl (C=O) groups excluding carboxylic acids is 2. The number of fused-ring (bicyclic) bond motifs is 1. The van der Waals surface area contributed by atoms with E-state index in [1.807, 2.05) is 0 Å². The van der Waals surface area contributed by atoms with Crippen molar-refractivity contribution in [3.05, 3.63) is 86.1 Å². The lowest BCUT2D eigenvalue weighted by Gasteiger charge is -2.13. The Bertz CT molecular complexity index is 1520. The third kappa shape index (κ3) is 4.46. The summed E-state index contributed by atoms with van der Waals surface area (Å²) < 4.78 is 16.2. The highest BCUT2D eigenvalue weighted by Crippen LogP contribution is 2.19. The summed E-state index contributed by atoms with van der Waals surface area (Å²) >= 11 is 1.15. The van der Waals surface area contributed by atoms with E-state index in [4.69, 9.17) is 0 Å². The molecule has 10 heteroatoms. The largest absolute Gasteiger partial charge is 0.336 e. The van der Waals surface area contributed by atoms with Crippen LogP contribution in [0.5, 0.6) is 0 Å². The van der Waals surface area contributed by atoms with Gasteiger partial charge in [0.15, 0.2) is 0 Å². The van der Waals surface area contributed by atoms with E-state index in [1.165, 1.54) is 36.6 Å². The van der Waals surface area contributed by atoms with E-state index >= 15 is 0 Å². The molecule has 0 fully saturated rings. The molecule has 0 saturated carbocycles. The SMILES string of the molecule is CC(=O)Nc1cccc(NC(=O)Cn2c(=O)n(-c3ccc(F)c(C)c3)c(=O)c3sccc32)c1. The van der Waals surface area contributed by atoms with Gasteiger partial charge in [-0.25, -0.2) is 13.8 Å². The number of aromatic nitrogens is 2. The molecule has 33 heavy (non-hydrogen) atoms. The van der Waals surface area contributed by atoms with E-state index in [0.29, 0.717) is 21.6 Å². The molecular weight excluding hydrogens is 447 g/mol. The van der Waals surface area contributed by atoms with Crippen molar-refractivity contribution >= 4 is 44.7 Å². The third-order valence-corrected chi connectivity index (χ3v) is 5.81. The minimum atomic E-state index is -0.709. The lowest BCUT2D eigenvalue weighted by atomic mass is 10.2. The molecule has 0 aliphatic carbocycles. The van der Waals surface area contributed by atoms with Crippen molar-refractivity contribution in [2.45, 2.75) is 20.4 Å². The normalized spacial score (nSPS) is 10.9.